The predicted molar refractivity (Wildman–Crippen MR) is 56.3 cm³/mol. The van der Waals surface area contributed by atoms with Crippen molar-refractivity contribution in [2.45, 2.75) is 18.7 Å². The molecule has 0 aromatic carbocycles. The van der Waals surface area contributed by atoms with E-state index >= 15 is 0 Å². The van der Waals surface area contributed by atoms with Crippen molar-refractivity contribution in [3.63, 3.8) is 0 Å². The minimum absolute atomic E-state index is 0.0439. The number of nitrogens with zero attached hydrogens (tertiary/aromatic N) is 2. The van der Waals surface area contributed by atoms with Gasteiger partial charge in [0.15, 0.2) is 5.75 Å². The van der Waals surface area contributed by atoms with Gasteiger partial charge in [-0.15, -0.1) is 24.8 Å². The standard InChI is InChI=1S/C10H8ClF3N2O2/c1-17-9-6(2-3-15)7(4-11)8(5-16-9)18-10(12,13)14/h5H,2,4H2,1H3. The number of hydrogen-bond donors (Lipinski definition) is 0. The Bertz CT molecular complexity index is 471. The molecule has 0 aliphatic rings. The van der Waals surface area contributed by atoms with Crippen LogP contribution in [0.25, 0.3) is 0 Å². The van der Waals surface area contributed by atoms with Crippen molar-refractivity contribution in [2.75, 3.05) is 7.11 Å². The van der Waals surface area contributed by atoms with E-state index in [4.69, 9.17) is 21.6 Å². The van der Waals surface area contributed by atoms with Crippen LogP contribution in [0.5, 0.6) is 11.6 Å². The first-order valence-corrected chi connectivity index (χ1v) is 5.19. The largest absolute Gasteiger partial charge is 0.573 e. The van der Waals surface area contributed by atoms with Gasteiger partial charge in [0.2, 0.25) is 5.88 Å². The molecule has 0 amide bonds. The lowest BCUT2D eigenvalue weighted by atomic mass is 10.1. The quantitative estimate of drug-likeness (QED) is 0.796. The molecule has 0 spiro atoms. The van der Waals surface area contributed by atoms with E-state index in [1.807, 2.05) is 6.07 Å². The zero-order chi connectivity index (χ0) is 13.8. The maximum Gasteiger partial charge on any atom is 0.573 e. The van der Waals surface area contributed by atoms with Crippen LogP contribution in [0.4, 0.5) is 13.2 Å². The molecule has 18 heavy (non-hydrogen) atoms. The molecular formula is C10H8ClF3N2O2. The predicted octanol–water partition coefficient (Wildman–Crippen LogP) is 2.79. The van der Waals surface area contributed by atoms with Crippen LogP contribution in [0.1, 0.15) is 11.1 Å². The summed E-state index contributed by atoms with van der Waals surface area (Å²) in [6.07, 6.45) is -4.15. The van der Waals surface area contributed by atoms with E-state index in [0.29, 0.717) is 0 Å². The van der Waals surface area contributed by atoms with Crippen LogP contribution in [0.15, 0.2) is 6.20 Å². The van der Waals surface area contributed by atoms with Gasteiger partial charge in [-0.05, 0) is 0 Å². The zero-order valence-corrected chi connectivity index (χ0v) is 9.97. The van der Waals surface area contributed by atoms with Gasteiger partial charge in [-0.2, -0.15) is 5.26 Å². The van der Waals surface area contributed by atoms with E-state index in [1.54, 1.807) is 0 Å². The summed E-state index contributed by atoms with van der Waals surface area (Å²) in [4.78, 5) is 3.65. The molecule has 1 heterocycles. The van der Waals surface area contributed by atoms with Gasteiger partial charge in [0.1, 0.15) is 0 Å². The molecule has 0 saturated carbocycles. The smallest absolute Gasteiger partial charge is 0.481 e. The summed E-state index contributed by atoms with van der Waals surface area (Å²) in [6, 6.07) is 1.81. The zero-order valence-electron chi connectivity index (χ0n) is 9.21. The average Bonchev–Trinajstić information content (AvgIpc) is 2.28. The van der Waals surface area contributed by atoms with Crippen molar-refractivity contribution in [1.29, 1.82) is 5.26 Å². The van der Waals surface area contributed by atoms with Gasteiger partial charge in [-0.25, -0.2) is 4.98 Å². The van der Waals surface area contributed by atoms with Gasteiger partial charge in [-0.3, -0.25) is 0 Å². The number of pyridine rings is 1. The minimum atomic E-state index is -4.85. The lowest BCUT2D eigenvalue weighted by Gasteiger charge is -2.15. The summed E-state index contributed by atoms with van der Waals surface area (Å²) in [7, 11) is 1.30. The molecule has 0 N–H and O–H groups in total. The molecule has 1 aromatic heterocycles. The number of aromatic nitrogens is 1. The maximum absolute atomic E-state index is 12.2. The molecule has 1 aromatic rings. The van der Waals surface area contributed by atoms with Crippen molar-refractivity contribution in [2.24, 2.45) is 0 Å². The molecule has 0 aliphatic carbocycles. The van der Waals surface area contributed by atoms with Crippen molar-refractivity contribution < 1.29 is 22.6 Å². The highest BCUT2D eigenvalue weighted by atomic mass is 35.5. The number of halogens is 4. The van der Waals surface area contributed by atoms with Crippen LogP contribution in [0.3, 0.4) is 0 Å². The summed E-state index contributed by atoms with van der Waals surface area (Å²) >= 11 is 5.59. The van der Waals surface area contributed by atoms with E-state index in [0.717, 1.165) is 6.20 Å². The van der Waals surface area contributed by atoms with E-state index in [9.17, 15) is 13.2 Å². The second-order valence-electron chi connectivity index (χ2n) is 3.11. The third-order valence-electron chi connectivity index (χ3n) is 2.03. The Morgan fingerprint density at radius 2 is 2.11 bits per heavy atom. The first kappa shape index (κ1) is 14.4. The molecule has 0 fully saturated rings. The lowest BCUT2D eigenvalue weighted by Crippen LogP contribution is -2.19. The van der Waals surface area contributed by atoms with Crippen LogP contribution in [-0.4, -0.2) is 18.5 Å². The van der Waals surface area contributed by atoms with Gasteiger partial charge in [0.25, 0.3) is 0 Å². The SMILES string of the molecule is COc1ncc(OC(F)(F)F)c(CCl)c1CC#N. The molecule has 0 unspecified atom stereocenters. The second kappa shape index (κ2) is 5.78. The molecule has 0 radical (unpaired) electrons. The fraction of sp³-hybridized carbons (Fsp3) is 0.400. The van der Waals surface area contributed by atoms with Gasteiger partial charge in [0.05, 0.1) is 31.7 Å². The monoisotopic (exact) mass is 280 g/mol. The Hall–Kier alpha value is -1.68. The molecule has 0 bridgehead atoms. The fourth-order valence-electron chi connectivity index (χ4n) is 1.35. The van der Waals surface area contributed by atoms with Gasteiger partial charge < -0.3 is 9.47 Å². The molecule has 0 saturated heterocycles. The van der Waals surface area contributed by atoms with Crippen LogP contribution in [0, 0.1) is 11.3 Å². The first-order valence-electron chi connectivity index (χ1n) is 4.66. The molecule has 1 rings (SSSR count). The highest BCUT2D eigenvalue weighted by molar-refractivity contribution is 6.17. The average molecular weight is 281 g/mol. The van der Waals surface area contributed by atoms with Gasteiger partial charge >= 0.3 is 6.36 Å². The fourth-order valence-corrected chi connectivity index (χ4v) is 1.64. The van der Waals surface area contributed by atoms with E-state index < -0.39 is 12.1 Å². The summed E-state index contributed by atoms with van der Waals surface area (Å²) in [6.45, 7) is 0. The summed E-state index contributed by atoms with van der Waals surface area (Å²) in [5, 5.41) is 8.64. The van der Waals surface area contributed by atoms with Crippen molar-refractivity contribution in [3.8, 4) is 17.7 Å². The normalized spacial score (nSPS) is 10.9. The molecule has 8 heteroatoms. The number of nitriles is 1. The van der Waals surface area contributed by atoms with Gasteiger partial charge in [0, 0.05) is 11.1 Å². The second-order valence-corrected chi connectivity index (χ2v) is 3.37. The molecule has 0 atom stereocenters. The third-order valence-corrected chi connectivity index (χ3v) is 2.29. The highest BCUT2D eigenvalue weighted by Gasteiger charge is 2.33. The summed E-state index contributed by atoms with van der Waals surface area (Å²) in [5.74, 6) is -0.716. The highest BCUT2D eigenvalue weighted by Crippen LogP contribution is 2.33. The van der Waals surface area contributed by atoms with Gasteiger partial charge in [-0.1, -0.05) is 0 Å². The molecule has 4 nitrogen and oxygen atoms in total. The molecule has 98 valence electrons. The van der Waals surface area contributed by atoms with E-state index in [2.05, 4.69) is 9.72 Å². The Labute approximate surface area is 106 Å². The minimum Gasteiger partial charge on any atom is -0.481 e. The number of rotatable bonds is 4. The Morgan fingerprint density at radius 1 is 1.44 bits per heavy atom. The van der Waals surface area contributed by atoms with E-state index in [-0.39, 0.29) is 29.3 Å². The van der Waals surface area contributed by atoms with Crippen LogP contribution in [-0.2, 0) is 12.3 Å². The van der Waals surface area contributed by atoms with Crippen molar-refractivity contribution in [3.05, 3.63) is 17.3 Å². The Balaban J connectivity index is 3.29. The number of hydrogen-bond acceptors (Lipinski definition) is 4. The Kier molecular flexibility index (Phi) is 4.62. The first-order chi connectivity index (χ1) is 8.42. The maximum atomic E-state index is 12.2. The topological polar surface area (TPSA) is 55.1 Å². The Morgan fingerprint density at radius 3 is 2.56 bits per heavy atom. The van der Waals surface area contributed by atoms with Crippen LogP contribution in [0.2, 0.25) is 0 Å². The van der Waals surface area contributed by atoms with Crippen molar-refractivity contribution >= 4 is 11.6 Å². The lowest BCUT2D eigenvalue weighted by molar-refractivity contribution is -0.275. The molecular weight excluding hydrogens is 273 g/mol. The number of methoxy groups -OCH3 is 1. The van der Waals surface area contributed by atoms with Crippen LogP contribution < -0.4 is 9.47 Å². The third kappa shape index (κ3) is 3.40. The summed E-state index contributed by atoms with van der Waals surface area (Å²) in [5.41, 5.74) is 0.235. The van der Waals surface area contributed by atoms with E-state index in [1.165, 1.54) is 7.11 Å². The summed E-state index contributed by atoms with van der Waals surface area (Å²) < 4.78 is 45.2. The number of ether oxygens (including phenoxy) is 2. The van der Waals surface area contributed by atoms with Crippen LogP contribution >= 0.6 is 11.6 Å². The molecule has 0 aliphatic heterocycles. The number of alkyl halides is 4. The van der Waals surface area contributed by atoms with Crippen molar-refractivity contribution in [1.82, 2.24) is 4.98 Å².